The lowest BCUT2D eigenvalue weighted by Crippen LogP contribution is -2.38. The first-order valence-electron chi connectivity index (χ1n) is 3.42. The Morgan fingerprint density at radius 1 is 1.58 bits per heavy atom. The summed E-state index contributed by atoms with van der Waals surface area (Å²) in [7, 11) is -3.25. The average Bonchev–Trinajstić information content (AvgIpc) is 1.97. The predicted octanol–water partition coefficient (Wildman–Crippen LogP) is -0.0293. The van der Waals surface area contributed by atoms with E-state index in [4.69, 9.17) is 0 Å². The summed E-state index contributed by atoms with van der Waals surface area (Å²) in [4.78, 5) is 11.1. The monoisotopic (exact) mass is 305 g/mol. The fraction of sp³-hybridized carbons (Fsp3) is 0.833. The summed E-state index contributed by atoms with van der Waals surface area (Å²) < 4.78 is 22.5. The zero-order chi connectivity index (χ0) is 9.78. The second-order valence-corrected chi connectivity index (χ2v) is 5.90. The van der Waals surface area contributed by atoms with Crippen LogP contribution in [0.4, 0.5) is 0 Å². The number of carbonyl (C=O) groups excluding carboxylic acids is 1. The molecule has 0 aromatic heterocycles. The normalized spacial score (nSPS) is 13.9. The standard InChI is InChI=1S/C6H12INO3S/c1-5(12(2,10)11)6(9)8-4-3-7/h5H,3-4H2,1-2H3,(H,8,9). The van der Waals surface area contributed by atoms with Crippen LogP contribution in [0.25, 0.3) is 0 Å². The molecule has 0 aromatic carbocycles. The lowest BCUT2D eigenvalue weighted by molar-refractivity contribution is -0.120. The molecule has 0 bridgehead atoms. The van der Waals surface area contributed by atoms with Crippen molar-refractivity contribution in [3.05, 3.63) is 0 Å². The number of alkyl halides is 1. The first kappa shape index (κ1) is 12.2. The molecule has 1 atom stereocenters. The Labute approximate surface area is 86.2 Å². The molecule has 0 radical (unpaired) electrons. The van der Waals surface area contributed by atoms with E-state index in [-0.39, 0.29) is 0 Å². The van der Waals surface area contributed by atoms with Gasteiger partial charge in [0.25, 0.3) is 0 Å². The number of halogens is 1. The molecular formula is C6H12INO3S. The van der Waals surface area contributed by atoms with E-state index in [0.29, 0.717) is 6.54 Å². The summed E-state index contributed by atoms with van der Waals surface area (Å²) in [6.07, 6.45) is 1.06. The molecule has 1 N–H and O–H groups in total. The lowest BCUT2D eigenvalue weighted by atomic mass is 10.4. The van der Waals surface area contributed by atoms with Gasteiger partial charge in [0.15, 0.2) is 9.84 Å². The van der Waals surface area contributed by atoms with Gasteiger partial charge in [0, 0.05) is 17.2 Å². The molecule has 1 amide bonds. The number of hydrogen-bond acceptors (Lipinski definition) is 3. The molecule has 0 aromatic rings. The second kappa shape index (κ2) is 5.00. The van der Waals surface area contributed by atoms with E-state index in [1.807, 2.05) is 0 Å². The van der Waals surface area contributed by atoms with Gasteiger partial charge in [0.2, 0.25) is 5.91 Å². The Morgan fingerprint density at radius 2 is 2.08 bits per heavy atom. The number of nitrogens with one attached hydrogen (secondary N) is 1. The maximum Gasteiger partial charge on any atom is 0.238 e. The highest BCUT2D eigenvalue weighted by Gasteiger charge is 2.22. The molecule has 12 heavy (non-hydrogen) atoms. The lowest BCUT2D eigenvalue weighted by Gasteiger charge is -2.08. The fourth-order valence-electron chi connectivity index (χ4n) is 0.509. The number of hydrogen-bond donors (Lipinski definition) is 1. The van der Waals surface area contributed by atoms with Crippen LogP contribution in [0.15, 0.2) is 0 Å². The summed E-state index contributed by atoms with van der Waals surface area (Å²) in [5, 5.41) is 1.57. The van der Waals surface area contributed by atoms with Crippen LogP contribution in [0.3, 0.4) is 0 Å². The minimum Gasteiger partial charge on any atom is -0.354 e. The number of sulfone groups is 1. The van der Waals surface area contributed by atoms with Crippen molar-refractivity contribution in [3.8, 4) is 0 Å². The molecule has 0 rings (SSSR count). The van der Waals surface area contributed by atoms with Crippen LogP contribution in [0.1, 0.15) is 6.92 Å². The Morgan fingerprint density at radius 3 is 2.42 bits per heavy atom. The van der Waals surface area contributed by atoms with Gasteiger partial charge >= 0.3 is 0 Å². The maximum absolute atomic E-state index is 11.1. The maximum atomic E-state index is 11.1. The molecule has 0 aliphatic carbocycles. The Bertz CT molecular complexity index is 250. The molecule has 0 spiro atoms. The highest BCUT2D eigenvalue weighted by Crippen LogP contribution is 1.97. The third-order valence-corrected chi connectivity index (χ3v) is 3.44. The Kier molecular flexibility index (Phi) is 5.07. The highest BCUT2D eigenvalue weighted by atomic mass is 127. The van der Waals surface area contributed by atoms with Crippen LogP contribution in [-0.2, 0) is 14.6 Å². The van der Waals surface area contributed by atoms with Crippen molar-refractivity contribution >= 4 is 38.3 Å². The number of rotatable bonds is 4. The third-order valence-electron chi connectivity index (χ3n) is 1.41. The van der Waals surface area contributed by atoms with Crippen LogP contribution in [-0.4, -0.2) is 36.8 Å². The SMILES string of the molecule is CC(C(=O)NCCI)S(C)(=O)=O. The van der Waals surface area contributed by atoms with Gasteiger partial charge < -0.3 is 5.32 Å². The molecule has 0 aliphatic heterocycles. The summed E-state index contributed by atoms with van der Waals surface area (Å²) in [6, 6.07) is 0. The van der Waals surface area contributed by atoms with E-state index in [1.165, 1.54) is 6.92 Å². The summed E-state index contributed by atoms with van der Waals surface area (Å²) in [5.74, 6) is -0.422. The van der Waals surface area contributed by atoms with Gasteiger partial charge in [0.1, 0.15) is 5.25 Å². The molecule has 0 saturated carbocycles. The molecule has 0 saturated heterocycles. The van der Waals surface area contributed by atoms with E-state index >= 15 is 0 Å². The predicted molar refractivity (Wildman–Crippen MR) is 56.2 cm³/mol. The van der Waals surface area contributed by atoms with Crippen molar-refractivity contribution in [3.63, 3.8) is 0 Å². The van der Waals surface area contributed by atoms with Crippen LogP contribution in [0.5, 0.6) is 0 Å². The quantitative estimate of drug-likeness (QED) is 0.586. The number of amides is 1. The van der Waals surface area contributed by atoms with Crippen LogP contribution < -0.4 is 5.32 Å². The van der Waals surface area contributed by atoms with Crippen molar-refractivity contribution in [1.29, 1.82) is 0 Å². The van der Waals surface area contributed by atoms with E-state index < -0.39 is 21.0 Å². The molecule has 0 heterocycles. The van der Waals surface area contributed by atoms with E-state index in [1.54, 1.807) is 0 Å². The Hall–Kier alpha value is 0.150. The smallest absolute Gasteiger partial charge is 0.238 e. The first-order valence-corrected chi connectivity index (χ1v) is 6.90. The minimum absolute atomic E-state index is 0.422. The number of carbonyl (C=O) groups is 1. The van der Waals surface area contributed by atoms with Crippen molar-refractivity contribution in [2.45, 2.75) is 12.2 Å². The highest BCUT2D eigenvalue weighted by molar-refractivity contribution is 14.1. The molecular weight excluding hydrogens is 293 g/mol. The average molecular weight is 305 g/mol. The van der Waals surface area contributed by atoms with Crippen molar-refractivity contribution in [2.75, 3.05) is 17.2 Å². The molecule has 6 heteroatoms. The Balaban J connectivity index is 4.12. The third kappa shape index (κ3) is 4.24. The zero-order valence-electron chi connectivity index (χ0n) is 7.00. The summed E-state index contributed by atoms with van der Waals surface area (Å²) in [6.45, 7) is 1.90. The van der Waals surface area contributed by atoms with Crippen molar-refractivity contribution in [1.82, 2.24) is 5.32 Å². The molecule has 0 fully saturated rings. The molecule has 4 nitrogen and oxygen atoms in total. The minimum atomic E-state index is -3.25. The van der Waals surface area contributed by atoms with E-state index in [2.05, 4.69) is 27.9 Å². The van der Waals surface area contributed by atoms with Gasteiger partial charge in [0.05, 0.1) is 0 Å². The van der Waals surface area contributed by atoms with Gasteiger partial charge in [-0.3, -0.25) is 4.79 Å². The molecule has 1 unspecified atom stereocenters. The fourth-order valence-corrected chi connectivity index (χ4v) is 1.25. The van der Waals surface area contributed by atoms with Crippen LogP contribution >= 0.6 is 22.6 Å². The van der Waals surface area contributed by atoms with Gasteiger partial charge in [-0.2, -0.15) is 0 Å². The second-order valence-electron chi connectivity index (χ2n) is 2.45. The van der Waals surface area contributed by atoms with Crippen molar-refractivity contribution < 1.29 is 13.2 Å². The van der Waals surface area contributed by atoms with Gasteiger partial charge in [-0.25, -0.2) is 8.42 Å². The van der Waals surface area contributed by atoms with E-state index in [0.717, 1.165) is 10.7 Å². The largest absolute Gasteiger partial charge is 0.354 e. The first-order chi connectivity index (χ1) is 5.39. The van der Waals surface area contributed by atoms with Gasteiger partial charge in [-0.15, -0.1) is 0 Å². The van der Waals surface area contributed by atoms with Gasteiger partial charge in [-0.1, -0.05) is 22.6 Å². The van der Waals surface area contributed by atoms with Gasteiger partial charge in [-0.05, 0) is 6.92 Å². The molecule has 72 valence electrons. The summed E-state index contributed by atoms with van der Waals surface area (Å²) in [5.41, 5.74) is 0. The van der Waals surface area contributed by atoms with Crippen molar-refractivity contribution in [2.24, 2.45) is 0 Å². The topological polar surface area (TPSA) is 63.2 Å². The van der Waals surface area contributed by atoms with Crippen LogP contribution in [0.2, 0.25) is 0 Å². The van der Waals surface area contributed by atoms with E-state index in [9.17, 15) is 13.2 Å². The summed E-state index contributed by atoms with van der Waals surface area (Å²) >= 11 is 2.10. The zero-order valence-corrected chi connectivity index (χ0v) is 9.98. The molecule has 0 aliphatic rings. The van der Waals surface area contributed by atoms with Crippen LogP contribution in [0, 0.1) is 0 Å².